The van der Waals surface area contributed by atoms with Gasteiger partial charge in [0.15, 0.2) is 0 Å². The number of rotatable bonds is 5. The lowest BCUT2D eigenvalue weighted by molar-refractivity contribution is 0.0950. The summed E-state index contributed by atoms with van der Waals surface area (Å²) in [6.07, 6.45) is 4.31. The topological polar surface area (TPSA) is 54.5 Å². The molecule has 1 fully saturated rings. The third-order valence-corrected chi connectivity index (χ3v) is 4.02. The zero-order valence-electron chi connectivity index (χ0n) is 13.3. The smallest absolute Gasteiger partial charge is 0.251 e. The highest BCUT2D eigenvalue weighted by Gasteiger charge is 2.13. The van der Waals surface area contributed by atoms with Crippen LogP contribution in [-0.4, -0.2) is 31.1 Å². The fraction of sp³-hybridized carbons (Fsp3) is 0.333. The maximum absolute atomic E-state index is 12.2. The second kappa shape index (κ2) is 7.13. The molecule has 0 spiro atoms. The van der Waals surface area contributed by atoms with Gasteiger partial charge in [-0.15, -0.1) is 0 Å². The van der Waals surface area contributed by atoms with Crippen molar-refractivity contribution in [1.29, 1.82) is 0 Å². The largest absolute Gasteiger partial charge is 0.497 e. The predicted octanol–water partition coefficient (Wildman–Crippen LogP) is 2.62. The van der Waals surface area contributed by atoms with Gasteiger partial charge in [-0.3, -0.25) is 4.79 Å². The van der Waals surface area contributed by atoms with Gasteiger partial charge in [0.25, 0.3) is 5.91 Å². The van der Waals surface area contributed by atoms with Crippen LogP contribution in [0, 0.1) is 0 Å². The fourth-order valence-electron chi connectivity index (χ4n) is 2.70. The summed E-state index contributed by atoms with van der Waals surface area (Å²) >= 11 is 0. The summed E-state index contributed by atoms with van der Waals surface area (Å²) < 4.78 is 5.14. The molecule has 23 heavy (non-hydrogen) atoms. The molecule has 1 aromatic carbocycles. The van der Waals surface area contributed by atoms with E-state index in [9.17, 15) is 4.79 Å². The first kappa shape index (κ1) is 15.3. The minimum atomic E-state index is -0.118. The molecule has 120 valence electrons. The summed E-state index contributed by atoms with van der Waals surface area (Å²) in [5.41, 5.74) is 1.58. The highest BCUT2D eigenvalue weighted by Crippen LogP contribution is 2.17. The average molecular weight is 311 g/mol. The molecule has 0 aliphatic carbocycles. The second-order valence-corrected chi connectivity index (χ2v) is 5.63. The highest BCUT2D eigenvalue weighted by atomic mass is 16.5. The van der Waals surface area contributed by atoms with E-state index in [-0.39, 0.29) is 5.91 Å². The van der Waals surface area contributed by atoms with Gasteiger partial charge >= 0.3 is 0 Å². The van der Waals surface area contributed by atoms with Gasteiger partial charge in [-0.25, -0.2) is 4.98 Å². The number of nitrogens with zero attached hydrogens (tertiary/aromatic N) is 2. The van der Waals surface area contributed by atoms with E-state index in [4.69, 9.17) is 4.74 Å². The molecule has 2 heterocycles. The molecule has 5 nitrogen and oxygen atoms in total. The lowest BCUT2D eigenvalue weighted by Crippen LogP contribution is -2.23. The fourth-order valence-corrected chi connectivity index (χ4v) is 2.70. The van der Waals surface area contributed by atoms with Crippen molar-refractivity contribution >= 4 is 11.7 Å². The zero-order chi connectivity index (χ0) is 16.1. The lowest BCUT2D eigenvalue weighted by Gasteiger charge is -2.16. The number of methoxy groups -OCH3 is 1. The van der Waals surface area contributed by atoms with Crippen molar-refractivity contribution in [3.8, 4) is 5.75 Å². The Morgan fingerprint density at radius 2 is 2.09 bits per heavy atom. The lowest BCUT2D eigenvalue weighted by atomic mass is 10.2. The normalized spacial score (nSPS) is 13.9. The Balaban J connectivity index is 1.58. The van der Waals surface area contributed by atoms with Gasteiger partial charge in [0.2, 0.25) is 0 Å². The minimum absolute atomic E-state index is 0.118. The molecule has 1 N–H and O–H groups in total. The highest BCUT2D eigenvalue weighted by molar-refractivity contribution is 5.94. The molecule has 1 saturated heterocycles. The first-order valence-electron chi connectivity index (χ1n) is 7.88. The number of anilines is 1. The number of ether oxygens (including phenoxy) is 1. The van der Waals surface area contributed by atoms with Crippen molar-refractivity contribution in [2.24, 2.45) is 0 Å². The molecular formula is C18H21N3O2. The van der Waals surface area contributed by atoms with Crippen LogP contribution >= 0.6 is 0 Å². The van der Waals surface area contributed by atoms with Crippen LogP contribution in [0.3, 0.4) is 0 Å². The first-order valence-corrected chi connectivity index (χ1v) is 7.88. The number of benzene rings is 1. The van der Waals surface area contributed by atoms with E-state index in [1.165, 1.54) is 12.8 Å². The molecule has 1 aromatic heterocycles. The Morgan fingerprint density at radius 3 is 2.78 bits per heavy atom. The quantitative estimate of drug-likeness (QED) is 0.922. The maximum Gasteiger partial charge on any atom is 0.251 e. The number of carbonyl (C=O) groups is 1. The van der Waals surface area contributed by atoms with Crippen molar-refractivity contribution in [2.75, 3.05) is 25.1 Å². The Kier molecular flexibility index (Phi) is 4.76. The molecule has 1 aliphatic heterocycles. The van der Waals surface area contributed by atoms with E-state index in [1.54, 1.807) is 25.3 Å². The van der Waals surface area contributed by atoms with Gasteiger partial charge in [-0.1, -0.05) is 12.1 Å². The number of hydrogen-bond acceptors (Lipinski definition) is 4. The molecule has 5 heteroatoms. The van der Waals surface area contributed by atoms with Crippen LogP contribution in [0.25, 0.3) is 0 Å². The predicted molar refractivity (Wildman–Crippen MR) is 89.8 cm³/mol. The molecular weight excluding hydrogens is 290 g/mol. The van der Waals surface area contributed by atoms with E-state index in [2.05, 4.69) is 15.2 Å². The summed E-state index contributed by atoms with van der Waals surface area (Å²) in [4.78, 5) is 19.0. The second-order valence-electron chi connectivity index (χ2n) is 5.63. The summed E-state index contributed by atoms with van der Waals surface area (Å²) in [6.45, 7) is 2.63. The Morgan fingerprint density at radius 1 is 1.26 bits per heavy atom. The molecule has 0 atom stereocenters. The molecule has 3 rings (SSSR count). The standard InChI is InChI=1S/C18H21N3O2/c1-23-16-6-4-5-15(11-16)18(22)20-13-14-7-8-17(19-12-14)21-9-2-3-10-21/h4-8,11-12H,2-3,9-10,13H2,1H3,(H,20,22). The van der Waals surface area contributed by atoms with E-state index in [1.807, 2.05) is 24.4 Å². The van der Waals surface area contributed by atoms with Gasteiger partial charge in [0, 0.05) is 31.4 Å². The summed E-state index contributed by atoms with van der Waals surface area (Å²) in [7, 11) is 1.59. The number of hydrogen-bond donors (Lipinski definition) is 1. The van der Waals surface area contributed by atoms with Gasteiger partial charge in [-0.2, -0.15) is 0 Å². The Bertz CT molecular complexity index is 664. The third-order valence-electron chi connectivity index (χ3n) is 4.02. The molecule has 2 aromatic rings. The number of pyridine rings is 1. The maximum atomic E-state index is 12.2. The van der Waals surface area contributed by atoms with Crippen molar-refractivity contribution in [2.45, 2.75) is 19.4 Å². The van der Waals surface area contributed by atoms with E-state index < -0.39 is 0 Å². The molecule has 0 radical (unpaired) electrons. The van der Waals surface area contributed by atoms with Crippen LogP contribution in [-0.2, 0) is 6.54 Å². The van der Waals surface area contributed by atoms with Crippen molar-refractivity contribution < 1.29 is 9.53 Å². The average Bonchev–Trinajstić information content (AvgIpc) is 3.15. The number of amides is 1. The van der Waals surface area contributed by atoms with Gasteiger partial charge in [-0.05, 0) is 42.7 Å². The Labute approximate surface area is 136 Å². The number of carbonyl (C=O) groups excluding carboxylic acids is 1. The minimum Gasteiger partial charge on any atom is -0.497 e. The van der Waals surface area contributed by atoms with Crippen molar-refractivity contribution in [3.63, 3.8) is 0 Å². The van der Waals surface area contributed by atoms with Crippen LogP contribution < -0.4 is 15.0 Å². The van der Waals surface area contributed by atoms with Crippen LogP contribution in [0.2, 0.25) is 0 Å². The van der Waals surface area contributed by atoms with Crippen molar-refractivity contribution in [1.82, 2.24) is 10.3 Å². The zero-order valence-corrected chi connectivity index (χ0v) is 13.3. The van der Waals surface area contributed by atoms with Crippen LogP contribution in [0.4, 0.5) is 5.82 Å². The first-order chi connectivity index (χ1) is 11.3. The van der Waals surface area contributed by atoms with Crippen LogP contribution in [0.15, 0.2) is 42.6 Å². The third kappa shape index (κ3) is 3.80. The summed E-state index contributed by atoms with van der Waals surface area (Å²) in [5, 5.41) is 2.91. The van der Waals surface area contributed by atoms with E-state index in [0.717, 1.165) is 24.5 Å². The SMILES string of the molecule is COc1cccc(C(=O)NCc2ccc(N3CCCC3)nc2)c1. The number of aromatic nitrogens is 1. The molecule has 0 saturated carbocycles. The monoisotopic (exact) mass is 311 g/mol. The Hall–Kier alpha value is -2.56. The van der Waals surface area contributed by atoms with Gasteiger partial charge in [0.1, 0.15) is 11.6 Å². The molecule has 0 unspecified atom stereocenters. The summed E-state index contributed by atoms with van der Waals surface area (Å²) in [5.74, 6) is 1.58. The van der Waals surface area contributed by atoms with Crippen LogP contribution in [0.1, 0.15) is 28.8 Å². The van der Waals surface area contributed by atoms with Gasteiger partial charge < -0.3 is 15.0 Å². The number of nitrogens with one attached hydrogen (secondary N) is 1. The van der Waals surface area contributed by atoms with Crippen molar-refractivity contribution in [3.05, 3.63) is 53.7 Å². The molecule has 0 bridgehead atoms. The molecule has 1 aliphatic rings. The van der Waals surface area contributed by atoms with E-state index in [0.29, 0.717) is 17.9 Å². The van der Waals surface area contributed by atoms with E-state index >= 15 is 0 Å². The molecule has 1 amide bonds. The van der Waals surface area contributed by atoms with Gasteiger partial charge in [0.05, 0.1) is 7.11 Å². The summed E-state index contributed by atoms with van der Waals surface area (Å²) in [6, 6.07) is 11.2. The van der Waals surface area contributed by atoms with Crippen LogP contribution in [0.5, 0.6) is 5.75 Å².